The Kier molecular flexibility index (Phi) is 3.52. The summed E-state index contributed by atoms with van der Waals surface area (Å²) in [6.45, 7) is 0.243. The van der Waals surface area contributed by atoms with Gasteiger partial charge in [0.05, 0.1) is 10.6 Å². The molecule has 0 aliphatic rings. The van der Waals surface area contributed by atoms with Gasteiger partial charge < -0.3 is 5.32 Å². The highest BCUT2D eigenvalue weighted by molar-refractivity contribution is 7.13. The third-order valence-electron chi connectivity index (χ3n) is 2.23. The van der Waals surface area contributed by atoms with Gasteiger partial charge in [-0.25, -0.2) is 8.78 Å². The van der Waals surface area contributed by atoms with E-state index in [1.807, 2.05) is 0 Å². The van der Waals surface area contributed by atoms with Crippen LogP contribution < -0.4 is 5.32 Å². The predicted octanol–water partition coefficient (Wildman–Crippen LogP) is 3.55. The van der Waals surface area contributed by atoms with Crippen molar-refractivity contribution >= 4 is 22.0 Å². The highest BCUT2D eigenvalue weighted by atomic mass is 32.1. The molecule has 18 heavy (non-hydrogen) atoms. The van der Waals surface area contributed by atoms with E-state index < -0.39 is 16.6 Å². The number of hydrogen-bond donors (Lipinski definition) is 1. The van der Waals surface area contributed by atoms with E-state index >= 15 is 0 Å². The molecule has 94 valence electrons. The third kappa shape index (κ3) is 2.80. The Balaban J connectivity index is 2.04. The third-order valence-corrected chi connectivity index (χ3v) is 3.16. The van der Waals surface area contributed by atoms with Crippen molar-refractivity contribution in [1.29, 1.82) is 0 Å². The fourth-order valence-corrected chi connectivity index (χ4v) is 2.11. The number of thiophene rings is 1. The van der Waals surface area contributed by atoms with Gasteiger partial charge in [-0.3, -0.25) is 10.1 Å². The number of nitrogens with zero attached hydrogens (tertiary/aromatic N) is 1. The van der Waals surface area contributed by atoms with Crippen LogP contribution in [0.4, 0.5) is 19.5 Å². The number of anilines is 1. The van der Waals surface area contributed by atoms with Crippen LogP contribution in [-0.4, -0.2) is 4.92 Å². The zero-order valence-corrected chi connectivity index (χ0v) is 9.84. The van der Waals surface area contributed by atoms with E-state index in [0.29, 0.717) is 5.56 Å². The van der Waals surface area contributed by atoms with Crippen LogP contribution in [-0.2, 0) is 6.54 Å². The van der Waals surface area contributed by atoms with Crippen molar-refractivity contribution in [1.82, 2.24) is 0 Å². The number of hydrogen-bond acceptors (Lipinski definition) is 4. The Morgan fingerprint density at radius 1 is 1.33 bits per heavy atom. The maximum Gasteiger partial charge on any atom is 0.324 e. The molecule has 1 heterocycles. The van der Waals surface area contributed by atoms with Gasteiger partial charge >= 0.3 is 5.00 Å². The van der Waals surface area contributed by atoms with Gasteiger partial charge in [-0.2, -0.15) is 0 Å². The number of nitro groups is 1. The van der Waals surface area contributed by atoms with Gasteiger partial charge in [-0.1, -0.05) is 11.3 Å². The van der Waals surface area contributed by atoms with E-state index in [2.05, 4.69) is 5.32 Å². The lowest BCUT2D eigenvalue weighted by Gasteiger charge is -2.05. The van der Waals surface area contributed by atoms with E-state index in [1.165, 1.54) is 12.1 Å². The van der Waals surface area contributed by atoms with Gasteiger partial charge in [0.1, 0.15) is 11.6 Å². The molecule has 1 aromatic carbocycles. The van der Waals surface area contributed by atoms with Crippen LogP contribution in [0.2, 0.25) is 0 Å². The zero-order chi connectivity index (χ0) is 13.1. The van der Waals surface area contributed by atoms with Crippen LogP contribution >= 0.6 is 11.3 Å². The Morgan fingerprint density at radius 2 is 2.11 bits per heavy atom. The van der Waals surface area contributed by atoms with Crippen LogP contribution in [0.1, 0.15) is 5.56 Å². The maximum atomic E-state index is 13.3. The fraction of sp³-hybridized carbons (Fsp3) is 0.0909. The Morgan fingerprint density at radius 3 is 2.72 bits per heavy atom. The predicted molar refractivity (Wildman–Crippen MR) is 64.7 cm³/mol. The molecule has 0 aliphatic heterocycles. The zero-order valence-electron chi connectivity index (χ0n) is 9.02. The first kappa shape index (κ1) is 12.4. The van der Waals surface area contributed by atoms with E-state index in [-0.39, 0.29) is 17.2 Å². The molecule has 2 rings (SSSR count). The van der Waals surface area contributed by atoms with Gasteiger partial charge in [-0.15, -0.1) is 0 Å². The molecule has 0 atom stereocenters. The average Bonchev–Trinajstić information content (AvgIpc) is 2.76. The van der Waals surface area contributed by atoms with Crippen molar-refractivity contribution in [2.75, 3.05) is 5.32 Å². The van der Waals surface area contributed by atoms with E-state index in [1.54, 1.807) is 5.38 Å². The number of halogens is 2. The van der Waals surface area contributed by atoms with Gasteiger partial charge in [0.25, 0.3) is 0 Å². The monoisotopic (exact) mass is 270 g/mol. The number of rotatable bonds is 4. The summed E-state index contributed by atoms with van der Waals surface area (Å²) >= 11 is 1.01. The minimum absolute atomic E-state index is 0.0337. The topological polar surface area (TPSA) is 55.2 Å². The second kappa shape index (κ2) is 5.09. The molecule has 0 unspecified atom stereocenters. The highest BCUT2D eigenvalue weighted by Gasteiger charge is 2.10. The quantitative estimate of drug-likeness (QED) is 0.682. The molecule has 7 heteroatoms. The molecule has 0 radical (unpaired) electrons. The minimum Gasteiger partial charge on any atom is -0.379 e. The summed E-state index contributed by atoms with van der Waals surface area (Å²) < 4.78 is 25.9. The van der Waals surface area contributed by atoms with E-state index in [0.717, 1.165) is 23.5 Å². The van der Waals surface area contributed by atoms with Crippen LogP contribution in [0.15, 0.2) is 29.6 Å². The van der Waals surface area contributed by atoms with Gasteiger partial charge in [0.2, 0.25) is 0 Å². The molecule has 0 bridgehead atoms. The van der Waals surface area contributed by atoms with Gasteiger partial charge in [0, 0.05) is 24.1 Å². The SMILES string of the molecule is O=[N+]([O-])c1cc(CNc2ccc(F)cc2F)cs1. The van der Waals surface area contributed by atoms with Crippen molar-refractivity contribution in [2.45, 2.75) is 6.54 Å². The molecule has 0 saturated heterocycles. The highest BCUT2D eigenvalue weighted by Crippen LogP contribution is 2.23. The summed E-state index contributed by atoms with van der Waals surface area (Å²) in [4.78, 5) is 9.99. The summed E-state index contributed by atoms with van der Waals surface area (Å²) in [7, 11) is 0. The van der Waals surface area contributed by atoms with Crippen molar-refractivity contribution in [3.8, 4) is 0 Å². The lowest BCUT2D eigenvalue weighted by molar-refractivity contribution is -0.380. The second-order valence-electron chi connectivity index (χ2n) is 3.53. The lowest BCUT2D eigenvalue weighted by Crippen LogP contribution is -2.00. The second-order valence-corrected chi connectivity index (χ2v) is 4.42. The lowest BCUT2D eigenvalue weighted by atomic mass is 10.2. The first-order valence-corrected chi connectivity index (χ1v) is 5.85. The van der Waals surface area contributed by atoms with Crippen molar-refractivity contribution in [2.24, 2.45) is 0 Å². The maximum absolute atomic E-state index is 13.3. The number of nitrogens with one attached hydrogen (secondary N) is 1. The molecule has 4 nitrogen and oxygen atoms in total. The fourth-order valence-electron chi connectivity index (χ4n) is 1.38. The first-order valence-electron chi connectivity index (χ1n) is 4.97. The van der Waals surface area contributed by atoms with Crippen LogP contribution in [0.3, 0.4) is 0 Å². The molecule has 0 fully saturated rings. The molecule has 2 aromatic rings. The van der Waals surface area contributed by atoms with Gasteiger partial charge in [-0.05, 0) is 17.7 Å². The summed E-state index contributed by atoms with van der Waals surface area (Å²) in [5, 5.41) is 14.9. The Labute approximate surface area is 105 Å². The standard InChI is InChI=1S/C11H8F2N2O2S/c12-8-1-2-10(9(13)4-8)14-5-7-3-11(15(16)17)18-6-7/h1-4,6,14H,5H2. The smallest absolute Gasteiger partial charge is 0.324 e. The molecule has 0 spiro atoms. The molecule has 1 aromatic heterocycles. The largest absolute Gasteiger partial charge is 0.379 e. The van der Waals surface area contributed by atoms with Gasteiger partial charge in [0.15, 0.2) is 0 Å². The van der Waals surface area contributed by atoms with E-state index in [9.17, 15) is 18.9 Å². The van der Waals surface area contributed by atoms with Crippen molar-refractivity contribution in [3.05, 3.63) is 57.0 Å². The average molecular weight is 270 g/mol. The Bertz CT molecular complexity index is 586. The molecule has 1 N–H and O–H groups in total. The molecule has 0 aliphatic carbocycles. The summed E-state index contributed by atoms with van der Waals surface area (Å²) in [6.07, 6.45) is 0. The van der Waals surface area contributed by atoms with Crippen LogP contribution in [0, 0.1) is 21.7 Å². The van der Waals surface area contributed by atoms with E-state index in [4.69, 9.17) is 0 Å². The molecule has 0 amide bonds. The van der Waals surface area contributed by atoms with Crippen LogP contribution in [0.5, 0.6) is 0 Å². The molecule has 0 saturated carbocycles. The normalized spacial score (nSPS) is 10.3. The van der Waals surface area contributed by atoms with Crippen LogP contribution in [0.25, 0.3) is 0 Å². The minimum atomic E-state index is -0.695. The van der Waals surface area contributed by atoms with Crippen molar-refractivity contribution in [3.63, 3.8) is 0 Å². The summed E-state index contributed by atoms with van der Waals surface area (Å²) in [5.74, 6) is -1.34. The number of benzene rings is 1. The first-order chi connectivity index (χ1) is 8.56. The Hall–Kier alpha value is -2.02. The molecular formula is C11H8F2N2O2S. The summed E-state index contributed by atoms with van der Waals surface area (Å²) in [6, 6.07) is 4.62. The summed E-state index contributed by atoms with van der Waals surface area (Å²) in [5.41, 5.74) is 0.834. The van der Waals surface area contributed by atoms with Crippen molar-refractivity contribution < 1.29 is 13.7 Å². The molecular weight excluding hydrogens is 262 g/mol.